The maximum absolute atomic E-state index is 16.4. The summed E-state index contributed by atoms with van der Waals surface area (Å²) in [6, 6.07) is 6.86. The van der Waals surface area contributed by atoms with Gasteiger partial charge in [0.1, 0.15) is 28.9 Å². The number of rotatable bonds is 13. The third kappa shape index (κ3) is 8.79. The minimum atomic E-state index is -1.71. The van der Waals surface area contributed by atoms with E-state index in [1.54, 1.807) is 50.9 Å². The minimum absolute atomic E-state index is 0.0175. The van der Waals surface area contributed by atoms with Gasteiger partial charge in [0.25, 0.3) is 5.91 Å². The number of anilines is 4. The molecule has 23 nitrogen and oxygen atoms in total. The molecule has 4 aliphatic carbocycles. The highest BCUT2D eigenvalue weighted by atomic mass is 19.1. The zero-order valence-corrected chi connectivity index (χ0v) is 40.1. The highest BCUT2D eigenvalue weighted by Crippen LogP contribution is 2.57. The number of fused-ring (bicyclic) bond motifs is 2. The van der Waals surface area contributed by atoms with Crippen molar-refractivity contribution >= 4 is 52.4 Å². The van der Waals surface area contributed by atoms with Crippen molar-refractivity contribution in [2.45, 2.75) is 120 Å². The number of aromatic amines is 2. The van der Waals surface area contributed by atoms with Gasteiger partial charge in [-0.2, -0.15) is 20.0 Å². The Labute approximate surface area is 410 Å². The first kappa shape index (κ1) is 46.1. The van der Waals surface area contributed by atoms with Crippen LogP contribution in [0.4, 0.5) is 41.6 Å². The lowest BCUT2D eigenvalue weighted by atomic mass is 9.50. The highest BCUT2D eigenvalue weighted by molar-refractivity contribution is 5.94. The number of carbonyl (C=O) groups is 3. The van der Waals surface area contributed by atoms with Gasteiger partial charge in [-0.1, -0.05) is 20.8 Å². The van der Waals surface area contributed by atoms with Crippen molar-refractivity contribution in [2.75, 3.05) is 50.2 Å². The Morgan fingerprint density at radius 3 is 2.25 bits per heavy atom. The second-order valence-electron chi connectivity index (χ2n) is 21.2. The van der Waals surface area contributed by atoms with E-state index < -0.39 is 48.9 Å². The van der Waals surface area contributed by atoms with E-state index in [0.717, 1.165) is 37.8 Å². The van der Waals surface area contributed by atoms with Crippen LogP contribution in [0.15, 0.2) is 42.9 Å². The number of ether oxygens (including phenoxy) is 5. The minimum Gasteiger partial charge on any atom is -0.441 e. The molecule has 6 N–H and O–H groups in total. The summed E-state index contributed by atoms with van der Waals surface area (Å²) in [5, 5.41) is 32.4. The maximum atomic E-state index is 16.4. The zero-order valence-electron chi connectivity index (χ0n) is 40.1. The Hall–Kier alpha value is -6.99. The van der Waals surface area contributed by atoms with E-state index in [1.165, 1.54) is 4.52 Å². The fourth-order valence-corrected chi connectivity index (χ4v) is 10.0. The molecule has 72 heavy (non-hydrogen) atoms. The molecule has 7 fully saturated rings. The average molecular weight is 997 g/mol. The van der Waals surface area contributed by atoms with Crippen LogP contribution in [0.1, 0.15) is 105 Å². The van der Waals surface area contributed by atoms with E-state index in [2.05, 4.69) is 62.3 Å². The van der Waals surface area contributed by atoms with Crippen molar-refractivity contribution in [3.63, 3.8) is 0 Å². The molecule has 25 heteroatoms. The lowest BCUT2D eigenvalue weighted by molar-refractivity contribution is -0.730. The third-order valence-electron chi connectivity index (χ3n) is 14.5. The van der Waals surface area contributed by atoms with E-state index in [-0.39, 0.29) is 59.5 Å². The van der Waals surface area contributed by atoms with Gasteiger partial charge in [0.15, 0.2) is 48.4 Å². The molecule has 0 spiro atoms. The molecule has 0 unspecified atom stereocenters. The molecule has 6 atom stereocenters. The highest BCUT2D eigenvalue weighted by Gasteiger charge is 2.58. The quantitative estimate of drug-likeness (QED) is 0.0870. The van der Waals surface area contributed by atoms with E-state index in [1.807, 2.05) is 13.0 Å². The molecule has 0 radical (unpaired) electrons. The summed E-state index contributed by atoms with van der Waals surface area (Å²) in [5.74, 6) is 1.75. The number of carbonyl (C=O) groups excluding carboxylic acids is 3. The molecule has 9 heterocycles. The van der Waals surface area contributed by atoms with Crippen LogP contribution in [-0.2, 0) is 35.6 Å². The normalized spacial score (nSPS) is 27.3. The first-order valence-electron chi connectivity index (χ1n) is 24.4. The Balaban J connectivity index is 0.852. The molecule has 7 aliphatic rings. The summed E-state index contributed by atoms with van der Waals surface area (Å²) in [7, 11) is 0. The van der Waals surface area contributed by atoms with Gasteiger partial charge >= 0.3 is 18.0 Å². The van der Waals surface area contributed by atoms with Crippen molar-refractivity contribution in [3.8, 4) is 0 Å². The Morgan fingerprint density at radius 2 is 1.57 bits per heavy atom. The maximum Gasteiger partial charge on any atom is 0.408 e. The molecule has 3 saturated heterocycles. The van der Waals surface area contributed by atoms with Gasteiger partial charge in [-0.05, 0) is 51.0 Å². The van der Waals surface area contributed by atoms with Crippen molar-refractivity contribution in [1.82, 2.24) is 60.0 Å². The molecule has 3 aliphatic heterocycles. The van der Waals surface area contributed by atoms with Crippen LogP contribution in [0.3, 0.4) is 0 Å². The molecule has 4 saturated carbocycles. The van der Waals surface area contributed by atoms with Crippen LogP contribution >= 0.6 is 0 Å². The summed E-state index contributed by atoms with van der Waals surface area (Å²) in [6.45, 7) is 9.42. The third-order valence-corrected chi connectivity index (χ3v) is 14.5. The summed E-state index contributed by atoms with van der Waals surface area (Å²) < 4.78 is 65.4. The molecule has 0 aromatic carbocycles. The van der Waals surface area contributed by atoms with Crippen LogP contribution in [0.25, 0.3) is 11.0 Å². The van der Waals surface area contributed by atoms with Crippen LogP contribution in [0.2, 0.25) is 0 Å². The van der Waals surface area contributed by atoms with Gasteiger partial charge in [-0.15, -0.1) is 0 Å². The van der Waals surface area contributed by atoms with Crippen molar-refractivity contribution < 1.29 is 51.5 Å². The Kier molecular flexibility index (Phi) is 11.1. The number of nitrogens with one attached hydrogen (secondary N) is 6. The number of H-pyrrole nitrogens is 2. The number of hydrogen-bond acceptors (Lipinski definition) is 15. The largest absolute Gasteiger partial charge is 0.441 e. The van der Waals surface area contributed by atoms with Gasteiger partial charge in [0, 0.05) is 54.1 Å². The summed E-state index contributed by atoms with van der Waals surface area (Å²) in [6.07, 6.45) is 0.190. The number of alkyl carbamates (subject to hydrolysis) is 2. The first-order valence-corrected chi connectivity index (χ1v) is 24.4. The van der Waals surface area contributed by atoms with E-state index in [9.17, 15) is 14.4 Å². The Bertz CT molecular complexity index is 3070. The van der Waals surface area contributed by atoms with Crippen LogP contribution in [0, 0.1) is 5.92 Å². The van der Waals surface area contributed by atoms with E-state index in [0.29, 0.717) is 72.0 Å². The number of aromatic nitrogens is 10. The predicted octanol–water partition coefficient (Wildman–Crippen LogP) is 4.53. The number of halogens is 2. The standard InChI is InChI=1S/C47H55F2N15O8/c1-45(2,3)33-16-30-40(50-7-8-62(30)60-33)53-35-15-27(39-37(49)32(23-70-39)72-44(67)55-47-17-24(18-47)19-47)58-64(35)21-25-20-63-29(13-28(59-63)42(65)61-9-11-68-12-10-61)41(51-25)52-34-14-26(56-57-34)38-36(48)31(22-69-38)71-43(66)54-46(4)5-6-46/h7-8,13-16,20,24,31-32,36-39H,5-6,9-12,17-19,21-23H2,1-4H3,(H5,50,51,52,53,54,55,56,57,58,59,60,65,66,67)/p+1/t24?,31-,32+,36+,37-,38-,39+,47?/m1/s1. The molecule has 6 aromatic heterocycles. The molecule has 380 valence electrons. The fraction of sp³-hybridized carbons (Fsp3) is 0.553. The van der Waals surface area contributed by atoms with E-state index in [4.69, 9.17) is 38.9 Å². The van der Waals surface area contributed by atoms with E-state index >= 15 is 8.78 Å². The first-order chi connectivity index (χ1) is 34.5. The van der Waals surface area contributed by atoms with Crippen LogP contribution < -0.4 is 25.9 Å². The monoisotopic (exact) mass is 996 g/mol. The zero-order chi connectivity index (χ0) is 49.7. The van der Waals surface area contributed by atoms with Crippen molar-refractivity contribution in [1.29, 1.82) is 0 Å². The van der Waals surface area contributed by atoms with Crippen LogP contribution in [-0.4, -0.2) is 143 Å². The molecule has 13 rings (SSSR count). The Morgan fingerprint density at radius 1 is 0.875 bits per heavy atom. The van der Waals surface area contributed by atoms with Gasteiger partial charge in [0.05, 0.1) is 55.8 Å². The topological polar surface area (TPSA) is 257 Å². The molecule has 2 bridgehead atoms. The molecular formula is C47H56F2N15O8+. The number of morpholine rings is 1. The average Bonchev–Trinajstić information content (AvgIpc) is 4.04. The molecule has 6 aromatic rings. The lowest BCUT2D eigenvalue weighted by Crippen LogP contribution is -2.68. The predicted molar refractivity (Wildman–Crippen MR) is 248 cm³/mol. The lowest BCUT2D eigenvalue weighted by Gasteiger charge is -2.61. The molecule has 3 amide bonds. The number of amides is 3. The second-order valence-corrected chi connectivity index (χ2v) is 21.2. The van der Waals surface area contributed by atoms with Crippen LogP contribution in [0.5, 0.6) is 0 Å². The number of hydrogen-bond donors (Lipinski definition) is 6. The fourth-order valence-electron chi connectivity index (χ4n) is 10.0. The van der Waals surface area contributed by atoms with Gasteiger partial charge in [-0.25, -0.2) is 47.8 Å². The SMILES string of the molecule is CC1(NC(=O)O[C@@H]2CO[C@H](c3cc(Nc4nc(C[n+]5[nH]c([C@@H]6OC[C@H](OC(=O)NC78CC(C7)C8)[C@H]6F)cc5Nc5nccn6nc(C(C)(C)C)cc56)cn5nc(C(=O)N6CCOCC6)cc45)n[nH]3)[C@H]2F)CC1. The number of alkyl halides is 2. The summed E-state index contributed by atoms with van der Waals surface area (Å²) in [5.41, 5.74) is 2.35. The smallest absolute Gasteiger partial charge is 0.408 e. The second kappa shape index (κ2) is 17.4. The van der Waals surface area contributed by atoms with Gasteiger partial charge < -0.3 is 44.5 Å². The molecular weight excluding hydrogens is 941 g/mol. The van der Waals surface area contributed by atoms with Gasteiger partial charge in [0.2, 0.25) is 5.82 Å². The number of nitrogens with zero attached hydrogens (tertiary/aromatic N) is 9. The van der Waals surface area contributed by atoms with Crippen molar-refractivity contribution in [2.24, 2.45) is 5.92 Å². The summed E-state index contributed by atoms with van der Waals surface area (Å²) >= 11 is 0. The summed E-state index contributed by atoms with van der Waals surface area (Å²) in [4.78, 5) is 50.5. The van der Waals surface area contributed by atoms with Gasteiger partial charge in [-0.3, -0.25) is 9.89 Å². The van der Waals surface area contributed by atoms with Crippen molar-refractivity contribution in [3.05, 3.63) is 71.3 Å².